The van der Waals surface area contributed by atoms with Crippen molar-refractivity contribution in [3.8, 4) is 17.2 Å². The van der Waals surface area contributed by atoms with E-state index in [9.17, 15) is 35.5 Å². The van der Waals surface area contributed by atoms with Crippen LogP contribution >= 0.6 is 0 Å². The SMILES string of the molecule is N#Cc1ccc2c(c1)[nH]c1c2c(=O)c2cc(C(F)(F)F)c(-c3cncc(S(=O)(=O)F)c3)cc2n1C1CCCCC1. The minimum Gasteiger partial charge on any atom is -0.340 e. The highest BCUT2D eigenvalue weighted by Crippen LogP contribution is 2.42. The van der Waals surface area contributed by atoms with E-state index in [0.717, 1.165) is 50.4 Å². The van der Waals surface area contributed by atoms with Crippen LogP contribution in [0.2, 0.25) is 0 Å². The van der Waals surface area contributed by atoms with Crippen LogP contribution < -0.4 is 5.43 Å². The summed E-state index contributed by atoms with van der Waals surface area (Å²) in [7, 11) is -5.23. The van der Waals surface area contributed by atoms with E-state index >= 15 is 0 Å². The Bertz CT molecular complexity index is 2050. The number of pyridine rings is 2. The van der Waals surface area contributed by atoms with Crippen molar-refractivity contribution in [2.75, 3.05) is 0 Å². The molecule has 3 aromatic heterocycles. The maximum Gasteiger partial charge on any atom is 0.417 e. The molecule has 0 spiro atoms. The van der Waals surface area contributed by atoms with Crippen LogP contribution in [0.15, 0.2) is 58.5 Å². The second kappa shape index (κ2) is 9.16. The quantitative estimate of drug-likeness (QED) is 0.191. The maximum absolute atomic E-state index is 14.4. The second-order valence-electron chi connectivity index (χ2n) is 9.97. The highest BCUT2D eigenvalue weighted by atomic mass is 32.3. The van der Waals surface area contributed by atoms with Crippen LogP contribution in [0.4, 0.5) is 17.1 Å². The maximum atomic E-state index is 14.4. The van der Waals surface area contributed by atoms with Gasteiger partial charge in [-0.15, -0.1) is 3.89 Å². The van der Waals surface area contributed by atoms with E-state index in [-0.39, 0.29) is 27.9 Å². The lowest BCUT2D eigenvalue weighted by molar-refractivity contribution is -0.137. The lowest BCUT2D eigenvalue weighted by Gasteiger charge is -2.28. The summed E-state index contributed by atoms with van der Waals surface area (Å²) in [5.41, 5.74) is -0.942. The molecule has 0 amide bonds. The molecule has 1 fully saturated rings. The Morgan fingerprint density at radius 2 is 1.77 bits per heavy atom. The van der Waals surface area contributed by atoms with E-state index in [1.807, 2.05) is 10.6 Å². The Morgan fingerprint density at radius 1 is 1.02 bits per heavy atom. The van der Waals surface area contributed by atoms with E-state index in [2.05, 4.69) is 9.97 Å². The number of rotatable bonds is 3. The average Bonchev–Trinajstić information content (AvgIpc) is 3.30. The number of aromatic amines is 1. The molecule has 0 saturated heterocycles. The van der Waals surface area contributed by atoms with Crippen molar-refractivity contribution >= 4 is 43.1 Å². The fourth-order valence-corrected chi connectivity index (χ4v) is 6.23. The topological polar surface area (TPSA) is 109 Å². The van der Waals surface area contributed by atoms with Crippen molar-refractivity contribution in [2.24, 2.45) is 0 Å². The van der Waals surface area contributed by atoms with Gasteiger partial charge in [-0.1, -0.05) is 25.3 Å². The normalized spacial score (nSPS) is 15.2. The number of hydrogen-bond donors (Lipinski definition) is 1. The summed E-state index contributed by atoms with van der Waals surface area (Å²) in [6.45, 7) is 0. The van der Waals surface area contributed by atoms with Crippen molar-refractivity contribution in [2.45, 2.75) is 49.2 Å². The van der Waals surface area contributed by atoms with E-state index in [1.54, 1.807) is 18.2 Å². The smallest absolute Gasteiger partial charge is 0.340 e. The van der Waals surface area contributed by atoms with Crippen molar-refractivity contribution < 1.29 is 25.5 Å². The predicted octanol–water partition coefficient (Wildman–Crippen LogP) is 6.75. The third-order valence-electron chi connectivity index (χ3n) is 7.57. The zero-order valence-corrected chi connectivity index (χ0v) is 21.5. The Morgan fingerprint density at radius 3 is 2.45 bits per heavy atom. The van der Waals surface area contributed by atoms with Gasteiger partial charge in [-0.3, -0.25) is 9.78 Å². The summed E-state index contributed by atoms with van der Waals surface area (Å²) >= 11 is 0. The molecule has 7 nitrogen and oxygen atoms in total. The van der Waals surface area contributed by atoms with Crippen molar-refractivity contribution in [1.82, 2.24) is 14.5 Å². The number of nitrogens with zero attached hydrogens (tertiary/aromatic N) is 3. The average molecular weight is 569 g/mol. The number of aromatic nitrogens is 3. The number of nitriles is 1. The van der Waals surface area contributed by atoms with Gasteiger partial charge in [0.15, 0.2) is 5.43 Å². The molecule has 204 valence electrons. The Hall–Kier alpha value is -4.24. The van der Waals surface area contributed by atoms with E-state index in [4.69, 9.17) is 0 Å². The molecule has 40 heavy (non-hydrogen) atoms. The molecule has 1 N–H and O–H groups in total. The van der Waals surface area contributed by atoms with Gasteiger partial charge in [-0.2, -0.15) is 26.9 Å². The predicted molar refractivity (Wildman–Crippen MR) is 141 cm³/mol. The van der Waals surface area contributed by atoms with Gasteiger partial charge in [0, 0.05) is 40.3 Å². The first-order valence-electron chi connectivity index (χ1n) is 12.5. The number of H-pyrrole nitrogens is 1. The first kappa shape index (κ1) is 26.0. The highest BCUT2D eigenvalue weighted by Gasteiger charge is 2.36. The molecule has 2 aromatic carbocycles. The van der Waals surface area contributed by atoms with Gasteiger partial charge in [-0.25, -0.2) is 0 Å². The number of fused-ring (bicyclic) bond motifs is 4. The zero-order valence-electron chi connectivity index (χ0n) is 20.7. The Kier molecular flexibility index (Phi) is 5.96. The molecule has 0 aliphatic heterocycles. The van der Waals surface area contributed by atoms with Crippen LogP contribution in [0.1, 0.15) is 49.3 Å². The van der Waals surface area contributed by atoms with Crippen molar-refractivity contribution in [3.63, 3.8) is 0 Å². The molecule has 1 saturated carbocycles. The third-order valence-corrected chi connectivity index (χ3v) is 8.35. The summed E-state index contributed by atoms with van der Waals surface area (Å²) in [5, 5.41) is 9.92. The van der Waals surface area contributed by atoms with Gasteiger partial charge >= 0.3 is 16.4 Å². The fraction of sp³-hybridized carbons (Fsp3) is 0.250. The summed E-state index contributed by atoms with van der Waals surface area (Å²) in [4.78, 5) is 19.9. The Balaban J connectivity index is 1.78. The van der Waals surface area contributed by atoms with E-state index < -0.39 is 37.9 Å². The van der Waals surface area contributed by atoms with Crippen LogP contribution in [0.25, 0.3) is 44.0 Å². The molecule has 1 aliphatic carbocycles. The lowest BCUT2D eigenvalue weighted by atomic mass is 9.93. The molecule has 5 aromatic rings. The number of halogens is 4. The van der Waals surface area contributed by atoms with E-state index in [1.165, 1.54) is 6.07 Å². The van der Waals surface area contributed by atoms with Gasteiger partial charge in [-0.05, 0) is 48.7 Å². The second-order valence-corrected chi connectivity index (χ2v) is 11.3. The summed E-state index contributed by atoms with van der Waals surface area (Å²) in [6, 6.07) is 9.45. The number of nitrogens with one attached hydrogen (secondary N) is 1. The monoisotopic (exact) mass is 568 g/mol. The highest BCUT2D eigenvalue weighted by molar-refractivity contribution is 7.86. The van der Waals surface area contributed by atoms with Gasteiger partial charge in [0.05, 0.1) is 28.1 Å². The minimum absolute atomic E-state index is 0.136. The molecule has 12 heteroatoms. The summed E-state index contributed by atoms with van der Waals surface area (Å²) in [5.74, 6) is 0. The molecule has 0 unspecified atom stereocenters. The standard InChI is InChI=1S/C28H20F4N4O3S/c29-28(30,31)22-10-21-24(11-20(22)16-9-18(14-34-13-16)40(32,38)39)36(17-4-2-1-3-5-17)27-25(26(21)37)19-7-6-15(12-33)8-23(19)35-27/h6-11,13-14,17,35H,1-5H2. The molecule has 0 radical (unpaired) electrons. The van der Waals surface area contributed by atoms with Gasteiger partial charge in [0.2, 0.25) is 0 Å². The molecule has 0 atom stereocenters. The molecule has 6 rings (SSSR count). The first-order chi connectivity index (χ1) is 19.0. The fourth-order valence-electron chi connectivity index (χ4n) is 5.78. The van der Waals surface area contributed by atoms with Crippen LogP contribution in [-0.4, -0.2) is 23.0 Å². The Labute approximate surface area is 224 Å². The van der Waals surface area contributed by atoms with Crippen LogP contribution in [0.5, 0.6) is 0 Å². The van der Waals surface area contributed by atoms with Gasteiger partial charge in [0.25, 0.3) is 0 Å². The van der Waals surface area contributed by atoms with Gasteiger partial charge < -0.3 is 9.55 Å². The molecule has 0 bridgehead atoms. The van der Waals surface area contributed by atoms with Crippen LogP contribution in [0, 0.1) is 11.3 Å². The first-order valence-corrected chi connectivity index (χ1v) is 13.9. The molecular formula is C28H20F4N4O3S. The van der Waals surface area contributed by atoms with Crippen molar-refractivity contribution in [1.29, 1.82) is 5.26 Å². The molecule has 3 heterocycles. The summed E-state index contributed by atoms with van der Waals surface area (Å²) < 4.78 is 81.8. The third kappa shape index (κ3) is 4.21. The van der Waals surface area contributed by atoms with E-state index in [0.29, 0.717) is 28.3 Å². The number of alkyl halides is 3. The lowest BCUT2D eigenvalue weighted by Crippen LogP contribution is -2.19. The molecular weight excluding hydrogens is 548 g/mol. The zero-order chi connectivity index (χ0) is 28.4. The van der Waals surface area contributed by atoms with Crippen LogP contribution in [-0.2, 0) is 16.4 Å². The van der Waals surface area contributed by atoms with Gasteiger partial charge in [0.1, 0.15) is 10.5 Å². The number of benzene rings is 2. The van der Waals surface area contributed by atoms with Crippen molar-refractivity contribution in [3.05, 3.63) is 70.1 Å². The number of hydrogen-bond acceptors (Lipinski definition) is 5. The molecule has 1 aliphatic rings. The minimum atomic E-state index is -5.23. The summed E-state index contributed by atoms with van der Waals surface area (Å²) in [6.07, 6.45) is 1.09. The van der Waals surface area contributed by atoms with Crippen LogP contribution in [0.3, 0.4) is 0 Å². The largest absolute Gasteiger partial charge is 0.417 e.